The molecule has 156 valence electrons. The first-order chi connectivity index (χ1) is 13.9. The number of hydrogen-bond donors (Lipinski definition) is 0. The minimum atomic E-state index is -0.293. The molecule has 0 amide bonds. The minimum absolute atomic E-state index is 0.0718. The second kappa shape index (κ2) is 6.74. The number of para-hydroxylation sites is 1. The number of ether oxygens (including phenoxy) is 3. The molecule has 2 saturated heterocycles. The lowest BCUT2D eigenvalue weighted by molar-refractivity contribution is -0.200. The second-order valence-corrected chi connectivity index (χ2v) is 9.40. The van der Waals surface area contributed by atoms with Gasteiger partial charge in [-0.25, -0.2) is 4.98 Å². The summed E-state index contributed by atoms with van der Waals surface area (Å²) in [5, 5.41) is 0. The zero-order valence-corrected chi connectivity index (χ0v) is 17.9. The molecule has 4 heterocycles. The number of methoxy groups -OCH3 is 1. The maximum Gasteiger partial charge on any atom is 0.167 e. The summed E-state index contributed by atoms with van der Waals surface area (Å²) in [6, 6.07) is 6.12. The van der Waals surface area contributed by atoms with Crippen LogP contribution in [0.25, 0.3) is 0 Å². The van der Waals surface area contributed by atoms with E-state index in [1.54, 1.807) is 7.11 Å². The topological polar surface area (TPSA) is 48.8 Å². The molecule has 3 aliphatic rings. The van der Waals surface area contributed by atoms with Crippen molar-refractivity contribution in [3.63, 3.8) is 0 Å². The highest BCUT2D eigenvalue weighted by molar-refractivity contribution is 5.50. The Morgan fingerprint density at radius 1 is 1.28 bits per heavy atom. The van der Waals surface area contributed by atoms with Gasteiger partial charge in [-0.1, -0.05) is 12.1 Å². The Morgan fingerprint density at radius 3 is 2.86 bits per heavy atom. The van der Waals surface area contributed by atoms with E-state index in [0.717, 1.165) is 62.1 Å². The van der Waals surface area contributed by atoms with Crippen LogP contribution in [0, 0.1) is 11.3 Å². The van der Waals surface area contributed by atoms with Crippen molar-refractivity contribution >= 4 is 0 Å². The van der Waals surface area contributed by atoms with Crippen molar-refractivity contribution in [1.29, 1.82) is 0 Å². The zero-order chi connectivity index (χ0) is 20.2. The van der Waals surface area contributed by atoms with Gasteiger partial charge in [-0.3, -0.25) is 4.90 Å². The van der Waals surface area contributed by atoms with Crippen LogP contribution in [0.5, 0.6) is 11.5 Å². The SMILES string of the molecule is CCn1ccnc1CN1CC2(CO[C@@H]3c4cccc(OC)c4OC(C)(C)[C@H]3C2)C1. The molecule has 1 spiro atoms. The van der Waals surface area contributed by atoms with E-state index in [1.165, 1.54) is 0 Å². The summed E-state index contributed by atoms with van der Waals surface area (Å²) in [5.74, 6) is 3.12. The number of imidazole rings is 1. The maximum absolute atomic E-state index is 6.55. The molecule has 2 fully saturated rings. The standard InChI is InChI=1S/C23H31N3O3/c1-5-26-10-9-24-19(26)12-25-13-23(14-25)11-17-20(28-15-23)16-7-6-8-18(27-4)21(16)29-22(17,2)3/h6-10,17,20H,5,11-15H2,1-4H3/t17-,20+/m0/s1. The normalized spacial score (nSPS) is 26.9. The third kappa shape index (κ3) is 3.04. The Bertz CT molecular complexity index is 901. The summed E-state index contributed by atoms with van der Waals surface area (Å²) >= 11 is 0. The Labute approximate surface area is 172 Å². The molecule has 0 N–H and O–H groups in total. The fraction of sp³-hybridized carbons (Fsp3) is 0.609. The lowest BCUT2D eigenvalue weighted by Gasteiger charge is -2.58. The molecule has 1 aromatic heterocycles. The molecule has 0 bridgehead atoms. The number of benzene rings is 1. The first-order valence-electron chi connectivity index (χ1n) is 10.6. The van der Waals surface area contributed by atoms with Gasteiger partial charge in [-0.2, -0.15) is 0 Å². The van der Waals surface area contributed by atoms with Gasteiger partial charge in [-0.15, -0.1) is 0 Å². The number of aryl methyl sites for hydroxylation is 1. The summed E-state index contributed by atoms with van der Waals surface area (Å²) in [5.41, 5.74) is 1.06. The fourth-order valence-electron chi connectivity index (χ4n) is 5.51. The fourth-order valence-corrected chi connectivity index (χ4v) is 5.51. The highest BCUT2D eigenvalue weighted by Crippen LogP contribution is 2.56. The Balaban J connectivity index is 1.32. The summed E-state index contributed by atoms with van der Waals surface area (Å²) in [6.07, 6.45) is 5.16. The van der Waals surface area contributed by atoms with Crippen molar-refractivity contribution in [1.82, 2.24) is 14.5 Å². The second-order valence-electron chi connectivity index (χ2n) is 9.40. The van der Waals surface area contributed by atoms with Crippen LogP contribution >= 0.6 is 0 Å². The molecule has 2 aromatic rings. The van der Waals surface area contributed by atoms with E-state index >= 15 is 0 Å². The summed E-state index contributed by atoms with van der Waals surface area (Å²) in [7, 11) is 1.70. The molecule has 0 unspecified atom stereocenters. The van der Waals surface area contributed by atoms with E-state index in [2.05, 4.69) is 47.5 Å². The van der Waals surface area contributed by atoms with Gasteiger partial charge in [0.2, 0.25) is 0 Å². The van der Waals surface area contributed by atoms with Gasteiger partial charge in [0.15, 0.2) is 11.5 Å². The number of fused-ring (bicyclic) bond motifs is 3. The van der Waals surface area contributed by atoms with Crippen molar-refractivity contribution in [3.05, 3.63) is 42.0 Å². The van der Waals surface area contributed by atoms with Crippen LogP contribution in [0.15, 0.2) is 30.6 Å². The van der Waals surface area contributed by atoms with E-state index in [0.29, 0.717) is 5.92 Å². The van der Waals surface area contributed by atoms with Gasteiger partial charge in [0.05, 0.1) is 26.4 Å². The number of hydrogen-bond acceptors (Lipinski definition) is 5. The molecule has 29 heavy (non-hydrogen) atoms. The Kier molecular flexibility index (Phi) is 4.40. The van der Waals surface area contributed by atoms with Crippen LogP contribution in [-0.2, 0) is 17.8 Å². The molecule has 0 aliphatic carbocycles. The zero-order valence-electron chi connectivity index (χ0n) is 17.9. The average Bonchev–Trinajstić information content (AvgIpc) is 3.13. The molecule has 3 aliphatic heterocycles. The molecule has 2 atom stereocenters. The van der Waals surface area contributed by atoms with Crippen LogP contribution in [0.3, 0.4) is 0 Å². The molecule has 6 nitrogen and oxygen atoms in total. The molecular formula is C23H31N3O3. The van der Waals surface area contributed by atoms with Crippen molar-refractivity contribution in [2.75, 3.05) is 26.8 Å². The predicted octanol–water partition coefficient (Wildman–Crippen LogP) is 3.66. The first-order valence-corrected chi connectivity index (χ1v) is 10.6. The van der Waals surface area contributed by atoms with Crippen LogP contribution in [0.1, 0.15) is 44.7 Å². The molecule has 5 rings (SSSR count). The van der Waals surface area contributed by atoms with Crippen molar-refractivity contribution < 1.29 is 14.2 Å². The van der Waals surface area contributed by atoms with Crippen molar-refractivity contribution in [2.24, 2.45) is 11.3 Å². The maximum atomic E-state index is 6.55. The Hall–Kier alpha value is -2.05. The summed E-state index contributed by atoms with van der Waals surface area (Å²) in [6.45, 7) is 11.4. The molecular weight excluding hydrogens is 366 g/mol. The van der Waals surface area contributed by atoms with Crippen LogP contribution in [0.4, 0.5) is 0 Å². The first kappa shape index (κ1) is 18.9. The highest BCUT2D eigenvalue weighted by atomic mass is 16.5. The van der Waals surface area contributed by atoms with E-state index < -0.39 is 0 Å². The van der Waals surface area contributed by atoms with Gasteiger partial charge in [0, 0.05) is 48.9 Å². The van der Waals surface area contributed by atoms with E-state index in [4.69, 9.17) is 14.2 Å². The van der Waals surface area contributed by atoms with Gasteiger partial charge >= 0.3 is 0 Å². The lowest BCUT2D eigenvalue weighted by Crippen LogP contribution is -2.63. The van der Waals surface area contributed by atoms with E-state index in [1.807, 2.05) is 18.3 Å². The predicted molar refractivity (Wildman–Crippen MR) is 110 cm³/mol. The summed E-state index contributed by atoms with van der Waals surface area (Å²) in [4.78, 5) is 7.02. The van der Waals surface area contributed by atoms with Crippen LogP contribution in [0.2, 0.25) is 0 Å². The van der Waals surface area contributed by atoms with Crippen molar-refractivity contribution in [2.45, 2.75) is 52.0 Å². The van der Waals surface area contributed by atoms with E-state index in [9.17, 15) is 0 Å². The number of aromatic nitrogens is 2. The largest absolute Gasteiger partial charge is 0.493 e. The Morgan fingerprint density at radius 2 is 2.10 bits per heavy atom. The van der Waals surface area contributed by atoms with Crippen LogP contribution < -0.4 is 9.47 Å². The number of likely N-dealkylation sites (tertiary alicyclic amines) is 1. The lowest BCUT2D eigenvalue weighted by atomic mass is 9.64. The summed E-state index contributed by atoms with van der Waals surface area (Å²) < 4.78 is 20.8. The molecule has 0 radical (unpaired) electrons. The monoisotopic (exact) mass is 397 g/mol. The number of nitrogens with zero attached hydrogens (tertiary/aromatic N) is 3. The third-order valence-corrected chi connectivity index (χ3v) is 7.01. The minimum Gasteiger partial charge on any atom is -0.493 e. The van der Waals surface area contributed by atoms with Gasteiger partial charge in [-0.05, 0) is 33.3 Å². The van der Waals surface area contributed by atoms with Gasteiger partial charge in [0.25, 0.3) is 0 Å². The molecule has 6 heteroatoms. The van der Waals surface area contributed by atoms with E-state index in [-0.39, 0.29) is 17.1 Å². The van der Waals surface area contributed by atoms with Crippen molar-refractivity contribution in [3.8, 4) is 11.5 Å². The van der Waals surface area contributed by atoms with Gasteiger partial charge in [0.1, 0.15) is 11.4 Å². The molecule has 1 aromatic carbocycles. The molecule has 0 saturated carbocycles. The highest BCUT2D eigenvalue weighted by Gasteiger charge is 2.56. The van der Waals surface area contributed by atoms with Gasteiger partial charge < -0.3 is 18.8 Å². The smallest absolute Gasteiger partial charge is 0.167 e. The number of rotatable bonds is 4. The third-order valence-electron chi connectivity index (χ3n) is 7.01. The van der Waals surface area contributed by atoms with Crippen LogP contribution in [-0.4, -0.2) is 46.9 Å². The quantitative estimate of drug-likeness (QED) is 0.788. The average molecular weight is 398 g/mol.